The molecule has 0 bridgehead atoms. The van der Waals surface area contributed by atoms with E-state index >= 15 is 0 Å². The Balaban J connectivity index is 1.58. The van der Waals surface area contributed by atoms with E-state index in [0.717, 1.165) is 6.42 Å². The van der Waals surface area contributed by atoms with E-state index in [9.17, 15) is 14.4 Å². The fourth-order valence-electron chi connectivity index (χ4n) is 2.83. The summed E-state index contributed by atoms with van der Waals surface area (Å²) in [5, 5.41) is 8.34. The van der Waals surface area contributed by atoms with Gasteiger partial charge in [0.25, 0.3) is 5.91 Å². The first-order valence-electron chi connectivity index (χ1n) is 9.07. The molecule has 1 saturated carbocycles. The molecule has 0 radical (unpaired) electrons. The molecule has 2 unspecified atom stereocenters. The second kappa shape index (κ2) is 8.67. The first-order valence-corrected chi connectivity index (χ1v) is 9.07. The van der Waals surface area contributed by atoms with Crippen LogP contribution in [0.1, 0.15) is 23.7 Å². The smallest absolute Gasteiger partial charge is 0.255 e. The van der Waals surface area contributed by atoms with Gasteiger partial charge in [-0.1, -0.05) is 13.0 Å². The highest BCUT2D eigenvalue weighted by Gasteiger charge is 2.39. The monoisotopic (exact) mass is 381 g/mol. The van der Waals surface area contributed by atoms with Gasteiger partial charge in [-0.15, -0.1) is 0 Å². The van der Waals surface area contributed by atoms with Gasteiger partial charge in [-0.25, -0.2) is 0 Å². The van der Waals surface area contributed by atoms with Crippen molar-refractivity contribution in [1.82, 2.24) is 0 Å². The molecule has 3 amide bonds. The molecular weight excluding hydrogens is 358 g/mol. The lowest BCUT2D eigenvalue weighted by atomic mass is 10.1. The quantitative estimate of drug-likeness (QED) is 0.686. The third kappa shape index (κ3) is 5.17. The van der Waals surface area contributed by atoms with E-state index in [4.69, 9.17) is 4.74 Å². The van der Waals surface area contributed by atoms with Crippen LogP contribution in [0.2, 0.25) is 0 Å². The van der Waals surface area contributed by atoms with Gasteiger partial charge in [-0.05, 0) is 54.8 Å². The van der Waals surface area contributed by atoms with Crippen LogP contribution in [0.15, 0.2) is 48.5 Å². The number of methoxy groups -OCH3 is 1. The highest BCUT2D eigenvalue weighted by atomic mass is 16.5. The van der Waals surface area contributed by atoms with Crippen molar-refractivity contribution in [3.63, 3.8) is 0 Å². The van der Waals surface area contributed by atoms with Crippen molar-refractivity contribution < 1.29 is 19.1 Å². The molecule has 0 spiro atoms. The topological polar surface area (TPSA) is 96.5 Å². The molecular formula is C21H23N3O4. The molecule has 0 heterocycles. The normalized spacial score (nSPS) is 17.5. The van der Waals surface area contributed by atoms with Gasteiger partial charge in [-0.3, -0.25) is 14.4 Å². The number of rotatable bonds is 7. The van der Waals surface area contributed by atoms with Gasteiger partial charge in [0.05, 0.1) is 0 Å². The van der Waals surface area contributed by atoms with E-state index in [2.05, 4.69) is 22.9 Å². The van der Waals surface area contributed by atoms with Gasteiger partial charge < -0.3 is 20.7 Å². The Hall–Kier alpha value is -3.19. The number of nitrogens with one attached hydrogen (secondary N) is 3. The lowest BCUT2D eigenvalue weighted by Gasteiger charge is -2.09. The zero-order valence-electron chi connectivity index (χ0n) is 15.8. The SMILES string of the molecule is COCC(=O)Nc1cccc(NC(=O)c2ccc(NC(=O)C3CC3C)cc2)c1. The van der Waals surface area contributed by atoms with Crippen molar-refractivity contribution in [1.29, 1.82) is 0 Å². The Morgan fingerprint density at radius 3 is 2.21 bits per heavy atom. The molecule has 0 saturated heterocycles. The highest BCUT2D eigenvalue weighted by molar-refractivity contribution is 6.05. The minimum Gasteiger partial charge on any atom is -0.375 e. The summed E-state index contributed by atoms with van der Waals surface area (Å²) in [6.45, 7) is 2.01. The van der Waals surface area contributed by atoms with E-state index in [1.807, 2.05) is 0 Å². The maximum Gasteiger partial charge on any atom is 0.255 e. The molecule has 0 aromatic heterocycles. The van der Waals surface area contributed by atoms with Crippen molar-refractivity contribution in [3.8, 4) is 0 Å². The van der Waals surface area contributed by atoms with Crippen molar-refractivity contribution in [2.45, 2.75) is 13.3 Å². The minimum atomic E-state index is -0.283. The Morgan fingerprint density at radius 2 is 1.61 bits per heavy atom. The molecule has 28 heavy (non-hydrogen) atoms. The summed E-state index contributed by atoms with van der Waals surface area (Å²) in [6, 6.07) is 13.6. The summed E-state index contributed by atoms with van der Waals surface area (Å²) in [5.41, 5.74) is 2.25. The highest BCUT2D eigenvalue weighted by Crippen LogP contribution is 2.38. The Morgan fingerprint density at radius 1 is 0.964 bits per heavy atom. The van der Waals surface area contributed by atoms with Crippen molar-refractivity contribution >= 4 is 34.8 Å². The zero-order valence-corrected chi connectivity index (χ0v) is 15.8. The molecule has 3 rings (SSSR count). The van der Waals surface area contributed by atoms with Crippen molar-refractivity contribution in [2.75, 3.05) is 29.7 Å². The summed E-state index contributed by atoms with van der Waals surface area (Å²) >= 11 is 0. The van der Waals surface area contributed by atoms with Crippen LogP contribution in [0, 0.1) is 11.8 Å². The molecule has 7 nitrogen and oxygen atoms in total. The van der Waals surface area contributed by atoms with Gasteiger partial charge in [-0.2, -0.15) is 0 Å². The fourth-order valence-corrected chi connectivity index (χ4v) is 2.83. The molecule has 2 aromatic carbocycles. The maximum absolute atomic E-state index is 12.4. The molecule has 7 heteroatoms. The van der Waals surface area contributed by atoms with Gasteiger partial charge in [0.1, 0.15) is 6.61 Å². The molecule has 1 aliphatic carbocycles. The second-order valence-electron chi connectivity index (χ2n) is 6.90. The largest absolute Gasteiger partial charge is 0.375 e. The van der Waals surface area contributed by atoms with Crippen LogP contribution < -0.4 is 16.0 Å². The molecule has 3 N–H and O–H groups in total. The van der Waals surface area contributed by atoms with Gasteiger partial charge in [0.2, 0.25) is 11.8 Å². The molecule has 146 valence electrons. The Labute approximate surface area is 163 Å². The fraction of sp³-hybridized carbons (Fsp3) is 0.286. The van der Waals surface area contributed by atoms with E-state index in [-0.39, 0.29) is 30.2 Å². The Bertz CT molecular complexity index is 879. The number of anilines is 3. The van der Waals surface area contributed by atoms with Gasteiger partial charge >= 0.3 is 0 Å². The average Bonchev–Trinajstić information content (AvgIpc) is 3.39. The molecule has 1 aliphatic rings. The van der Waals surface area contributed by atoms with E-state index in [0.29, 0.717) is 28.5 Å². The third-order valence-electron chi connectivity index (χ3n) is 4.54. The van der Waals surface area contributed by atoms with Gasteiger partial charge in [0, 0.05) is 35.7 Å². The predicted octanol–water partition coefficient (Wildman–Crippen LogP) is 3.12. The summed E-state index contributed by atoms with van der Waals surface area (Å²) < 4.78 is 4.78. The van der Waals surface area contributed by atoms with Crippen LogP contribution in [0.5, 0.6) is 0 Å². The zero-order chi connectivity index (χ0) is 20.1. The average molecular weight is 381 g/mol. The number of benzene rings is 2. The van der Waals surface area contributed by atoms with Crippen LogP contribution in [-0.4, -0.2) is 31.4 Å². The molecule has 1 fully saturated rings. The van der Waals surface area contributed by atoms with Crippen LogP contribution >= 0.6 is 0 Å². The molecule has 2 aromatic rings. The van der Waals surface area contributed by atoms with Crippen LogP contribution in [0.25, 0.3) is 0 Å². The summed E-state index contributed by atoms with van der Waals surface area (Å²) in [7, 11) is 1.44. The third-order valence-corrected chi connectivity index (χ3v) is 4.54. The lowest BCUT2D eigenvalue weighted by molar-refractivity contribution is -0.119. The van der Waals surface area contributed by atoms with Crippen molar-refractivity contribution in [2.24, 2.45) is 11.8 Å². The maximum atomic E-state index is 12.4. The molecule has 2 atom stereocenters. The number of carbonyl (C=O) groups excluding carboxylic acids is 3. The first kappa shape index (κ1) is 19.6. The van der Waals surface area contributed by atoms with E-state index in [1.165, 1.54) is 7.11 Å². The van der Waals surface area contributed by atoms with Crippen LogP contribution in [0.3, 0.4) is 0 Å². The van der Waals surface area contributed by atoms with Crippen molar-refractivity contribution in [3.05, 3.63) is 54.1 Å². The number of carbonyl (C=O) groups is 3. The summed E-state index contributed by atoms with van der Waals surface area (Å²) in [5.74, 6) is 0.00929. The second-order valence-corrected chi connectivity index (χ2v) is 6.90. The minimum absolute atomic E-state index is 0.0250. The van der Waals surface area contributed by atoms with E-state index in [1.54, 1.807) is 48.5 Å². The standard InChI is InChI=1S/C21H23N3O4/c1-13-10-18(13)21(27)23-15-8-6-14(7-9-15)20(26)24-17-5-3-4-16(11-17)22-19(25)12-28-2/h3-9,11,13,18H,10,12H2,1-2H3,(H,22,25)(H,23,27)(H,24,26). The number of hydrogen-bond donors (Lipinski definition) is 3. The van der Waals surface area contributed by atoms with Gasteiger partial charge in [0.15, 0.2) is 0 Å². The summed E-state index contributed by atoms with van der Waals surface area (Å²) in [4.78, 5) is 36.0. The predicted molar refractivity (Wildman–Crippen MR) is 107 cm³/mol. The number of ether oxygens (including phenoxy) is 1. The number of amides is 3. The summed E-state index contributed by atoms with van der Waals surface area (Å²) in [6.07, 6.45) is 0.928. The number of hydrogen-bond acceptors (Lipinski definition) is 4. The van der Waals surface area contributed by atoms with Crippen LogP contribution in [0.4, 0.5) is 17.1 Å². The Kier molecular flexibility index (Phi) is 6.06. The van der Waals surface area contributed by atoms with Crippen LogP contribution in [-0.2, 0) is 14.3 Å². The lowest BCUT2D eigenvalue weighted by Crippen LogP contribution is -2.17. The molecule has 0 aliphatic heterocycles. The first-order chi connectivity index (χ1) is 13.5. The van der Waals surface area contributed by atoms with E-state index < -0.39 is 0 Å².